The molecule has 0 radical (unpaired) electrons. The number of H-pyrrole nitrogens is 1. The van der Waals surface area contributed by atoms with Crippen LogP contribution in [0.4, 0.5) is 5.82 Å². The molecule has 2 aliphatic heterocycles. The Kier molecular flexibility index (Phi) is 5.79. The lowest BCUT2D eigenvalue weighted by Gasteiger charge is -2.36. The minimum Gasteiger partial charge on any atom is -0.356 e. The Bertz CT molecular complexity index is 817. The van der Waals surface area contributed by atoms with Crippen LogP contribution in [0.15, 0.2) is 29.1 Å². The second-order valence-corrected chi connectivity index (χ2v) is 8.10. The van der Waals surface area contributed by atoms with Gasteiger partial charge in [0.25, 0.3) is 5.56 Å². The number of pyridine rings is 1. The Labute approximate surface area is 162 Å². The van der Waals surface area contributed by atoms with Gasteiger partial charge < -0.3 is 14.8 Å². The number of nitrogens with one attached hydrogen (secondary N) is 1. The van der Waals surface area contributed by atoms with Crippen LogP contribution >= 0.6 is 0 Å². The molecule has 5 nitrogen and oxygen atoms in total. The zero-order chi connectivity index (χ0) is 18.6. The monoisotopic (exact) mass is 368 g/mol. The molecular formula is C22H32N4O. The molecule has 146 valence electrons. The van der Waals surface area contributed by atoms with Gasteiger partial charge in [-0.05, 0) is 75.4 Å². The average Bonchev–Trinajstić information content (AvgIpc) is 2.70. The second kappa shape index (κ2) is 8.44. The van der Waals surface area contributed by atoms with Crippen molar-refractivity contribution in [3.63, 3.8) is 0 Å². The molecule has 0 saturated carbocycles. The largest absolute Gasteiger partial charge is 0.356 e. The summed E-state index contributed by atoms with van der Waals surface area (Å²) in [4.78, 5) is 23.1. The van der Waals surface area contributed by atoms with Gasteiger partial charge in [0.2, 0.25) is 0 Å². The second-order valence-electron chi connectivity index (χ2n) is 8.10. The molecule has 0 spiro atoms. The van der Waals surface area contributed by atoms with Gasteiger partial charge in [-0.25, -0.2) is 0 Å². The number of rotatable bonds is 5. The van der Waals surface area contributed by atoms with Crippen molar-refractivity contribution in [2.24, 2.45) is 0 Å². The number of benzene rings is 1. The quantitative estimate of drug-likeness (QED) is 0.881. The molecule has 5 heteroatoms. The van der Waals surface area contributed by atoms with Crippen molar-refractivity contribution >= 4 is 16.6 Å². The zero-order valence-electron chi connectivity index (χ0n) is 16.5. The van der Waals surface area contributed by atoms with Crippen LogP contribution in [-0.4, -0.2) is 67.1 Å². The third-order valence-electron chi connectivity index (χ3n) is 6.20. The van der Waals surface area contributed by atoms with Gasteiger partial charge in [0.1, 0.15) is 5.82 Å². The van der Waals surface area contributed by atoms with Gasteiger partial charge in [-0.1, -0.05) is 18.6 Å². The summed E-state index contributed by atoms with van der Waals surface area (Å²) < 4.78 is 0. The SMILES string of the molecule is Cc1cccc2c(=O)[nH]c(N3CCN(CCCN4CCCCC4)CC3)cc12. The highest BCUT2D eigenvalue weighted by atomic mass is 16.1. The van der Waals surface area contributed by atoms with E-state index in [1.54, 1.807) is 0 Å². The number of likely N-dealkylation sites (tertiary alicyclic amines) is 1. The van der Waals surface area contributed by atoms with Gasteiger partial charge in [-0.15, -0.1) is 0 Å². The number of anilines is 1. The Morgan fingerprint density at radius 1 is 0.889 bits per heavy atom. The minimum absolute atomic E-state index is 0.0233. The van der Waals surface area contributed by atoms with Crippen molar-refractivity contribution in [3.05, 3.63) is 40.2 Å². The topological polar surface area (TPSA) is 42.6 Å². The molecule has 2 aliphatic rings. The van der Waals surface area contributed by atoms with Crippen molar-refractivity contribution in [2.45, 2.75) is 32.6 Å². The van der Waals surface area contributed by atoms with Crippen molar-refractivity contribution < 1.29 is 0 Å². The predicted octanol–water partition coefficient (Wildman–Crippen LogP) is 2.83. The molecule has 0 aliphatic carbocycles. The Hall–Kier alpha value is -1.85. The summed E-state index contributed by atoms with van der Waals surface area (Å²) in [5, 5.41) is 1.86. The molecule has 0 unspecified atom stereocenters. The third-order valence-corrected chi connectivity index (χ3v) is 6.20. The molecule has 1 N–H and O–H groups in total. The van der Waals surface area contributed by atoms with Gasteiger partial charge in [-0.2, -0.15) is 0 Å². The summed E-state index contributed by atoms with van der Waals surface area (Å²) in [6, 6.07) is 8.09. The average molecular weight is 369 g/mol. The molecule has 3 heterocycles. The summed E-state index contributed by atoms with van der Waals surface area (Å²) in [5.41, 5.74) is 1.19. The molecule has 0 bridgehead atoms. The van der Waals surface area contributed by atoms with E-state index >= 15 is 0 Å². The van der Waals surface area contributed by atoms with E-state index in [0.717, 1.165) is 48.3 Å². The third kappa shape index (κ3) is 4.36. The van der Waals surface area contributed by atoms with Crippen molar-refractivity contribution in [1.29, 1.82) is 0 Å². The normalized spacial score (nSPS) is 19.7. The molecule has 0 amide bonds. The number of hydrogen-bond donors (Lipinski definition) is 1. The Morgan fingerprint density at radius 3 is 2.33 bits per heavy atom. The Morgan fingerprint density at radius 2 is 1.59 bits per heavy atom. The summed E-state index contributed by atoms with van der Waals surface area (Å²) in [6.45, 7) is 11.2. The van der Waals surface area contributed by atoms with E-state index < -0.39 is 0 Å². The number of piperidine rings is 1. The summed E-state index contributed by atoms with van der Waals surface area (Å²) in [7, 11) is 0. The summed E-state index contributed by atoms with van der Waals surface area (Å²) in [5.74, 6) is 0.967. The highest BCUT2D eigenvalue weighted by Gasteiger charge is 2.19. The lowest BCUT2D eigenvalue weighted by atomic mass is 10.1. The first kappa shape index (κ1) is 18.5. The van der Waals surface area contributed by atoms with Crippen molar-refractivity contribution in [3.8, 4) is 0 Å². The number of nitrogens with zero attached hydrogens (tertiary/aromatic N) is 3. The van der Waals surface area contributed by atoms with Gasteiger partial charge in [0.05, 0.1) is 0 Å². The lowest BCUT2D eigenvalue weighted by Crippen LogP contribution is -2.47. The summed E-state index contributed by atoms with van der Waals surface area (Å²) in [6.07, 6.45) is 5.44. The van der Waals surface area contributed by atoms with E-state index in [1.165, 1.54) is 51.9 Å². The van der Waals surface area contributed by atoms with Crippen molar-refractivity contribution in [1.82, 2.24) is 14.8 Å². The number of aryl methyl sites for hydroxylation is 1. The van der Waals surface area contributed by atoms with Crippen LogP contribution in [0.25, 0.3) is 10.8 Å². The molecule has 4 rings (SSSR count). The van der Waals surface area contributed by atoms with Crippen LogP contribution in [0, 0.1) is 6.92 Å². The fraction of sp³-hybridized carbons (Fsp3) is 0.591. The highest BCUT2D eigenvalue weighted by Crippen LogP contribution is 2.21. The van der Waals surface area contributed by atoms with E-state index in [9.17, 15) is 4.79 Å². The van der Waals surface area contributed by atoms with Gasteiger partial charge in [0, 0.05) is 31.6 Å². The van der Waals surface area contributed by atoms with Crippen LogP contribution in [0.2, 0.25) is 0 Å². The van der Waals surface area contributed by atoms with Crippen LogP contribution in [0.1, 0.15) is 31.2 Å². The van der Waals surface area contributed by atoms with Gasteiger partial charge in [0.15, 0.2) is 0 Å². The minimum atomic E-state index is 0.0233. The lowest BCUT2D eigenvalue weighted by molar-refractivity contribution is 0.198. The van der Waals surface area contributed by atoms with E-state index in [0.29, 0.717) is 0 Å². The molecular weight excluding hydrogens is 336 g/mol. The first-order valence-electron chi connectivity index (χ1n) is 10.5. The molecule has 0 atom stereocenters. The summed E-state index contributed by atoms with van der Waals surface area (Å²) >= 11 is 0. The Balaban J connectivity index is 1.32. The van der Waals surface area contributed by atoms with Crippen LogP contribution in [-0.2, 0) is 0 Å². The maximum absolute atomic E-state index is 12.5. The first-order valence-corrected chi connectivity index (χ1v) is 10.5. The molecule has 2 fully saturated rings. The molecule has 27 heavy (non-hydrogen) atoms. The molecule has 2 saturated heterocycles. The number of hydrogen-bond acceptors (Lipinski definition) is 4. The van der Waals surface area contributed by atoms with Gasteiger partial charge >= 0.3 is 0 Å². The molecule has 2 aromatic rings. The molecule has 1 aromatic carbocycles. The predicted molar refractivity (Wildman–Crippen MR) is 113 cm³/mol. The number of aromatic amines is 1. The first-order chi connectivity index (χ1) is 13.2. The van der Waals surface area contributed by atoms with E-state index in [1.807, 2.05) is 12.1 Å². The maximum Gasteiger partial charge on any atom is 0.257 e. The van der Waals surface area contributed by atoms with E-state index in [2.05, 4.69) is 38.7 Å². The number of piperazine rings is 1. The number of aromatic nitrogens is 1. The number of fused-ring (bicyclic) bond motifs is 1. The maximum atomic E-state index is 12.5. The smallest absolute Gasteiger partial charge is 0.257 e. The molecule has 1 aromatic heterocycles. The van der Waals surface area contributed by atoms with Gasteiger partial charge in [-0.3, -0.25) is 9.69 Å². The van der Waals surface area contributed by atoms with E-state index in [4.69, 9.17) is 0 Å². The highest BCUT2D eigenvalue weighted by molar-refractivity contribution is 5.86. The van der Waals surface area contributed by atoms with Crippen molar-refractivity contribution in [2.75, 3.05) is 57.3 Å². The fourth-order valence-corrected chi connectivity index (χ4v) is 4.51. The zero-order valence-corrected chi connectivity index (χ0v) is 16.5. The van der Waals surface area contributed by atoms with Crippen LogP contribution in [0.5, 0.6) is 0 Å². The van der Waals surface area contributed by atoms with Crippen LogP contribution < -0.4 is 10.5 Å². The standard InChI is InChI=1S/C22H32N4O/c1-18-7-5-8-19-20(18)17-21(23-22(19)27)26-15-13-25(14-16-26)12-6-11-24-9-3-2-4-10-24/h5,7-8,17H,2-4,6,9-16H2,1H3,(H,23,27). The fourth-order valence-electron chi connectivity index (χ4n) is 4.51. The van der Waals surface area contributed by atoms with Crippen LogP contribution in [0.3, 0.4) is 0 Å². The van der Waals surface area contributed by atoms with E-state index in [-0.39, 0.29) is 5.56 Å².